The summed E-state index contributed by atoms with van der Waals surface area (Å²) in [6.45, 7) is 4.42. The zero-order valence-corrected chi connectivity index (χ0v) is 17.9. The van der Waals surface area contributed by atoms with Crippen molar-refractivity contribution in [1.82, 2.24) is 0 Å². The van der Waals surface area contributed by atoms with Crippen LogP contribution < -0.4 is 9.64 Å². The molecule has 1 fully saturated rings. The summed E-state index contributed by atoms with van der Waals surface area (Å²) in [5, 5.41) is 10.9. The van der Waals surface area contributed by atoms with Crippen molar-refractivity contribution in [1.29, 1.82) is 0 Å². The van der Waals surface area contributed by atoms with E-state index in [0.29, 0.717) is 18.4 Å². The Bertz CT molecular complexity index is 1050. The molecular formula is C26H29NO3. The standard InChI is InChI=1S/C26H29NO3/c1-24(2)20-9-5-6-10-21(20)27(3)26(24)16-13-18-17-19(11-12-22(18)30-26)23(28)25(29)14-7-4-8-15-25/h5-6,9-13,16-17,29H,4,7-8,14-15H2,1-3H3. The number of carbonyl (C=O) groups excluding carboxylic acids is 1. The third-order valence-electron chi connectivity index (χ3n) is 7.46. The predicted octanol–water partition coefficient (Wildman–Crippen LogP) is 5.09. The van der Waals surface area contributed by atoms with Crippen LogP contribution in [0.15, 0.2) is 48.5 Å². The molecule has 3 aliphatic rings. The van der Waals surface area contributed by atoms with Gasteiger partial charge < -0.3 is 14.7 Å². The molecule has 30 heavy (non-hydrogen) atoms. The fraction of sp³-hybridized carbons (Fsp3) is 0.423. The van der Waals surface area contributed by atoms with E-state index < -0.39 is 11.3 Å². The second-order valence-electron chi connectivity index (χ2n) is 9.51. The highest BCUT2D eigenvalue weighted by Crippen LogP contribution is 2.54. The number of fused-ring (bicyclic) bond motifs is 2. The minimum Gasteiger partial charge on any atom is -0.463 e. The van der Waals surface area contributed by atoms with Crippen molar-refractivity contribution in [3.63, 3.8) is 0 Å². The first kappa shape index (κ1) is 19.4. The van der Waals surface area contributed by atoms with Gasteiger partial charge in [0.05, 0.1) is 5.41 Å². The van der Waals surface area contributed by atoms with Crippen molar-refractivity contribution in [2.24, 2.45) is 0 Å². The lowest BCUT2D eigenvalue weighted by Gasteiger charge is -2.45. The van der Waals surface area contributed by atoms with Crippen LogP contribution in [0, 0.1) is 0 Å². The van der Waals surface area contributed by atoms with E-state index >= 15 is 0 Å². The third-order valence-corrected chi connectivity index (χ3v) is 7.46. The van der Waals surface area contributed by atoms with Gasteiger partial charge in [-0.25, -0.2) is 0 Å². The van der Waals surface area contributed by atoms with E-state index in [4.69, 9.17) is 4.74 Å². The Balaban J connectivity index is 1.50. The fourth-order valence-corrected chi connectivity index (χ4v) is 5.55. The van der Waals surface area contributed by atoms with Crippen LogP contribution in [0.5, 0.6) is 5.75 Å². The summed E-state index contributed by atoms with van der Waals surface area (Å²) in [4.78, 5) is 15.2. The van der Waals surface area contributed by atoms with Crippen LogP contribution in [0.3, 0.4) is 0 Å². The summed E-state index contributed by atoms with van der Waals surface area (Å²) in [5.74, 6) is 0.599. The Labute approximate surface area is 178 Å². The average molecular weight is 404 g/mol. The van der Waals surface area contributed by atoms with Gasteiger partial charge in [0, 0.05) is 23.9 Å². The summed E-state index contributed by atoms with van der Waals surface area (Å²) >= 11 is 0. The van der Waals surface area contributed by atoms with Crippen molar-refractivity contribution in [3.05, 3.63) is 65.2 Å². The molecular weight excluding hydrogens is 374 g/mol. The number of hydrogen-bond acceptors (Lipinski definition) is 4. The van der Waals surface area contributed by atoms with Gasteiger partial charge in [-0.1, -0.05) is 37.5 Å². The van der Waals surface area contributed by atoms with E-state index in [-0.39, 0.29) is 11.2 Å². The normalized spacial score (nSPS) is 25.5. The number of benzene rings is 2. The van der Waals surface area contributed by atoms with E-state index in [9.17, 15) is 9.90 Å². The number of likely N-dealkylation sites (N-methyl/N-ethyl adjacent to an activating group) is 1. The van der Waals surface area contributed by atoms with Gasteiger partial charge in [-0.05, 0) is 68.7 Å². The monoisotopic (exact) mass is 403 g/mol. The van der Waals surface area contributed by atoms with Gasteiger partial charge in [-0.15, -0.1) is 0 Å². The number of Topliss-reactive ketones (excluding diaryl/α,β-unsaturated/α-hetero) is 1. The molecule has 0 bridgehead atoms. The average Bonchev–Trinajstić information content (AvgIpc) is 2.92. The molecule has 1 spiro atoms. The minimum absolute atomic E-state index is 0.163. The molecule has 2 heterocycles. The second kappa shape index (κ2) is 6.45. The number of hydrogen-bond donors (Lipinski definition) is 1. The molecule has 5 rings (SSSR count). The van der Waals surface area contributed by atoms with Crippen molar-refractivity contribution < 1.29 is 14.6 Å². The Kier molecular flexibility index (Phi) is 4.17. The number of ketones is 1. The molecule has 2 aromatic rings. The van der Waals surface area contributed by atoms with Gasteiger partial charge in [0.1, 0.15) is 11.4 Å². The Morgan fingerprint density at radius 1 is 1.07 bits per heavy atom. The first-order valence-corrected chi connectivity index (χ1v) is 10.9. The summed E-state index contributed by atoms with van der Waals surface area (Å²) in [7, 11) is 2.07. The zero-order valence-electron chi connectivity index (χ0n) is 17.9. The Hall–Kier alpha value is -2.59. The molecule has 4 heteroatoms. The Morgan fingerprint density at radius 2 is 1.80 bits per heavy atom. The maximum atomic E-state index is 13.0. The maximum absolute atomic E-state index is 13.0. The largest absolute Gasteiger partial charge is 0.463 e. The van der Waals surface area contributed by atoms with Gasteiger partial charge in [-0.3, -0.25) is 4.79 Å². The number of ether oxygens (including phenoxy) is 1. The van der Waals surface area contributed by atoms with Gasteiger partial charge in [0.2, 0.25) is 5.72 Å². The van der Waals surface area contributed by atoms with Crippen LogP contribution in [0.4, 0.5) is 5.69 Å². The first-order chi connectivity index (χ1) is 14.3. The molecule has 0 aromatic heterocycles. The zero-order chi connectivity index (χ0) is 21.1. The lowest BCUT2D eigenvalue weighted by atomic mass is 9.76. The number of nitrogens with zero attached hydrogens (tertiary/aromatic N) is 1. The van der Waals surface area contributed by atoms with E-state index in [0.717, 1.165) is 30.6 Å². The minimum atomic E-state index is -1.22. The summed E-state index contributed by atoms with van der Waals surface area (Å²) in [6.07, 6.45) is 8.17. The van der Waals surface area contributed by atoms with Crippen molar-refractivity contribution in [2.75, 3.05) is 11.9 Å². The van der Waals surface area contributed by atoms with Crippen molar-refractivity contribution in [2.45, 2.75) is 62.7 Å². The molecule has 0 amide bonds. The molecule has 1 saturated carbocycles. The predicted molar refractivity (Wildman–Crippen MR) is 119 cm³/mol. The summed E-state index contributed by atoms with van der Waals surface area (Å²) in [6, 6.07) is 14.0. The number of rotatable bonds is 2. The summed E-state index contributed by atoms with van der Waals surface area (Å²) < 4.78 is 6.66. The molecule has 2 aliphatic heterocycles. The molecule has 2 aromatic carbocycles. The van der Waals surface area contributed by atoms with Gasteiger partial charge in [0.25, 0.3) is 0 Å². The number of carbonyl (C=O) groups is 1. The molecule has 1 N–H and O–H groups in total. The maximum Gasteiger partial charge on any atom is 0.211 e. The molecule has 1 atom stereocenters. The van der Waals surface area contributed by atoms with E-state index in [1.54, 1.807) is 6.07 Å². The molecule has 0 radical (unpaired) electrons. The van der Waals surface area contributed by atoms with E-state index in [2.05, 4.69) is 62.2 Å². The van der Waals surface area contributed by atoms with Crippen molar-refractivity contribution in [3.8, 4) is 5.75 Å². The van der Waals surface area contributed by atoms with Gasteiger partial charge in [0.15, 0.2) is 5.78 Å². The fourth-order valence-electron chi connectivity index (χ4n) is 5.55. The molecule has 1 unspecified atom stereocenters. The lowest BCUT2D eigenvalue weighted by molar-refractivity contribution is 0.0116. The van der Waals surface area contributed by atoms with Gasteiger partial charge >= 0.3 is 0 Å². The SMILES string of the molecule is CN1c2ccccc2C(C)(C)C12C=Cc1cc(C(=O)C3(O)CCCCC3)ccc1O2. The van der Waals surface area contributed by atoms with Crippen LogP contribution >= 0.6 is 0 Å². The van der Waals surface area contributed by atoms with Crippen LogP contribution in [0.2, 0.25) is 0 Å². The quantitative estimate of drug-likeness (QED) is 0.709. The third kappa shape index (κ3) is 2.53. The van der Waals surface area contributed by atoms with Crippen LogP contribution in [-0.4, -0.2) is 29.3 Å². The lowest BCUT2D eigenvalue weighted by Crippen LogP contribution is -2.58. The molecule has 156 valence electrons. The highest BCUT2D eigenvalue weighted by atomic mass is 16.5. The van der Waals surface area contributed by atoms with E-state index in [1.165, 1.54) is 11.3 Å². The van der Waals surface area contributed by atoms with E-state index in [1.807, 2.05) is 12.1 Å². The second-order valence-corrected chi connectivity index (χ2v) is 9.51. The highest BCUT2D eigenvalue weighted by Gasteiger charge is 2.57. The smallest absolute Gasteiger partial charge is 0.211 e. The van der Waals surface area contributed by atoms with Crippen LogP contribution in [-0.2, 0) is 5.41 Å². The summed E-state index contributed by atoms with van der Waals surface area (Å²) in [5.41, 5.74) is 1.77. The topological polar surface area (TPSA) is 49.8 Å². The molecule has 1 aliphatic carbocycles. The van der Waals surface area contributed by atoms with Crippen LogP contribution in [0.25, 0.3) is 6.08 Å². The van der Waals surface area contributed by atoms with Crippen molar-refractivity contribution >= 4 is 17.5 Å². The first-order valence-electron chi connectivity index (χ1n) is 10.9. The molecule has 4 nitrogen and oxygen atoms in total. The number of para-hydroxylation sites is 1. The molecule has 0 saturated heterocycles. The Morgan fingerprint density at radius 3 is 2.53 bits per heavy atom. The number of anilines is 1. The number of aliphatic hydroxyl groups is 1. The van der Waals surface area contributed by atoms with Crippen LogP contribution in [0.1, 0.15) is 67.4 Å². The highest BCUT2D eigenvalue weighted by molar-refractivity contribution is 6.03. The van der Waals surface area contributed by atoms with Gasteiger partial charge in [-0.2, -0.15) is 0 Å².